The predicted octanol–water partition coefficient (Wildman–Crippen LogP) is 11.3. The predicted molar refractivity (Wildman–Crippen MR) is 184 cm³/mol. The van der Waals surface area contributed by atoms with E-state index in [1.165, 1.54) is 108 Å². The topological polar surface area (TPSA) is 26.3 Å². The molecular formula is C34H40O2S4Se. The summed E-state index contributed by atoms with van der Waals surface area (Å²) in [6.07, 6.45) is 17.9. The minimum atomic E-state index is 0.303. The van der Waals surface area contributed by atoms with Gasteiger partial charge in [0.05, 0.1) is 0 Å². The van der Waals surface area contributed by atoms with Gasteiger partial charge in [-0.25, -0.2) is 0 Å². The Morgan fingerprint density at radius 2 is 1.46 bits per heavy atom. The van der Waals surface area contributed by atoms with Gasteiger partial charge in [0.1, 0.15) is 0 Å². The Labute approximate surface area is 267 Å². The molecule has 7 heteroatoms. The fourth-order valence-corrected chi connectivity index (χ4v) is 12.6. The Balaban J connectivity index is 1.12. The summed E-state index contributed by atoms with van der Waals surface area (Å²) in [4.78, 5) is 18.2. The van der Waals surface area contributed by atoms with Crippen LogP contribution in [-0.2, 0) is 19.3 Å². The molecule has 0 spiro atoms. The number of aryl methyl sites for hydroxylation is 1. The first kappa shape index (κ1) is 31.0. The molecule has 5 aromatic heterocycles. The zero-order valence-electron chi connectivity index (χ0n) is 24.2. The van der Waals surface area contributed by atoms with E-state index in [9.17, 15) is 4.79 Å². The average Bonchev–Trinajstić information content (AvgIpc) is 3.79. The van der Waals surface area contributed by atoms with Crippen molar-refractivity contribution in [3.05, 3.63) is 71.3 Å². The molecule has 0 bridgehead atoms. The Hall–Kier alpha value is -1.47. The second kappa shape index (κ2) is 15.8. The summed E-state index contributed by atoms with van der Waals surface area (Å²) in [5.41, 5.74) is 0.829. The van der Waals surface area contributed by atoms with Crippen LogP contribution in [0.5, 0.6) is 5.75 Å². The molecule has 0 amide bonds. The van der Waals surface area contributed by atoms with Crippen LogP contribution in [0.15, 0.2) is 41.8 Å². The number of hydrogen-bond donors (Lipinski definition) is 0. The van der Waals surface area contributed by atoms with E-state index >= 15 is 0 Å². The molecule has 218 valence electrons. The van der Waals surface area contributed by atoms with Crippen LogP contribution in [0.2, 0.25) is 0 Å². The maximum atomic E-state index is 11.3. The molecule has 0 N–H and O–H groups in total. The summed E-state index contributed by atoms with van der Waals surface area (Å²) >= 11 is 7.73. The molecule has 5 aromatic rings. The molecule has 0 fully saturated rings. The summed E-state index contributed by atoms with van der Waals surface area (Å²) in [7, 11) is 1.81. The summed E-state index contributed by atoms with van der Waals surface area (Å²) in [5, 5.41) is 2.01. The van der Waals surface area contributed by atoms with Crippen molar-refractivity contribution in [2.45, 2.75) is 90.4 Å². The number of fused-ring (bicyclic) bond motifs is 1. The maximum absolute atomic E-state index is 11.3. The molecule has 0 unspecified atom stereocenters. The van der Waals surface area contributed by atoms with Crippen LogP contribution in [0, 0.1) is 0 Å². The second-order valence-electron chi connectivity index (χ2n) is 10.7. The molecule has 2 nitrogen and oxygen atoms in total. The van der Waals surface area contributed by atoms with Gasteiger partial charge in [-0.2, -0.15) is 0 Å². The molecule has 0 aliphatic heterocycles. The van der Waals surface area contributed by atoms with Gasteiger partial charge in [0.25, 0.3) is 0 Å². The normalized spacial score (nSPS) is 11.6. The van der Waals surface area contributed by atoms with Crippen molar-refractivity contribution >= 4 is 75.5 Å². The van der Waals surface area contributed by atoms with Crippen molar-refractivity contribution < 1.29 is 9.53 Å². The van der Waals surface area contributed by atoms with Crippen LogP contribution in [0.3, 0.4) is 0 Å². The number of rotatable bonds is 18. The van der Waals surface area contributed by atoms with Crippen molar-refractivity contribution in [1.82, 2.24) is 0 Å². The minimum absolute atomic E-state index is 0.303. The SMILES string of the molecule is CCCCCCCCCCCCc1ccc(-c2cc(OC)c(Cc3cc4sc(Cc5sccc5C=O)cc4s3)[se]2)s1. The van der Waals surface area contributed by atoms with Crippen LogP contribution < -0.4 is 4.74 Å². The van der Waals surface area contributed by atoms with Crippen molar-refractivity contribution in [3.63, 3.8) is 0 Å². The van der Waals surface area contributed by atoms with E-state index in [0.717, 1.165) is 35.3 Å². The number of hydrogen-bond acceptors (Lipinski definition) is 6. The molecule has 0 saturated heterocycles. The number of aldehydes is 1. The van der Waals surface area contributed by atoms with E-state index in [0.29, 0.717) is 14.5 Å². The van der Waals surface area contributed by atoms with Crippen LogP contribution in [0.4, 0.5) is 0 Å². The first-order valence-corrected chi connectivity index (χ1v) is 20.0. The Morgan fingerprint density at radius 1 is 0.780 bits per heavy atom. The van der Waals surface area contributed by atoms with Gasteiger partial charge in [0.15, 0.2) is 0 Å². The molecule has 0 aliphatic rings. The monoisotopic (exact) mass is 688 g/mol. The first-order chi connectivity index (χ1) is 20.2. The van der Waals surface area contributed by atoms with Crippen molar-refractivity contribution in [2.24, 2.45) is 0 Å². The van der Waals surface area contributed by atoms with Gasteiger partial charge < -0.3 is 0 Å². The van der Waals surface area contributed by atoms with Gasteiger partial charge in [-0.05, 0) is 0 Å². The fourth-order valence-electron chi connectivity index (χ4n) is 5.29. The number of thiophene rings is 4. The fraction of sp³-hybridized carbons (Fsp3) is 0.441. The summed E-state index contributed by atoms with van der Waals surface area (Å²) in [5.74, 6) is 1.07. The third-order valence-corrected chi connectivity index (χ3v) is 14.7. The zero-order valence-corrected chi connectivity index (χ0v) is 29.1. The third kappa shape index (κ3) is 8.55. The number of carbonyl (C=O) groups excluding carboxylic acids is 1. The van der Waals surface area contributed by atoms with Gasteiger partial charge in [0, 0.05) is 0 Å². The average molecular weight is 688 g/mol. The van der Waals surface area contributed by atoms with E-state index in [1.807, 2.05) is 52.6 Å². The third-order valence-electron chi connectivity index (χ3n) is 7.56. The summed E-state index contributed by atoms with van der Waals surface area (Å²) in [6.45, 7) is 2.29. The van der Waals surface area contributed by atoms with Crippen LogP contribution >= 0.6 is 45.3 Å². The van der Waals surface area contributed by atoms with Crippen molar-refractivity contribution in [2.75, 3.05) is 7.11 Å². The molecule has 0 atom stereocenters. The number of unbranched alkanes of at least 4 members (excludes halogenated alkanes) is 9. The Kier molecular flexibility index (Phi) is 12.0. The first-order valence-electron chi connectivity index (χ1n) is 14.9. The van der Waals surface area contributed by atoms with Gasteiger partial charge >= 0.3 is 243 Å². The number of methoxy groups -OCH3 is 1. The molecule has 41 heavy (non-hydrogen) atoms. The summed E-state index contributed by atoms with van der Waals surface area (Å²) in [6, 6.07) is 13.6. The number of carbonyl (C=O) groups is 1. The molecule has 0 saturated carbocycles. The molecule has 0 aliphatic carbocycles. The molecular weight excluding hydrogens is 648 g/mol. The molecule has 5 rings (SSSR count). The van der Waals surface area contributed by atoms with Gasteiger partial charge in [-0.3, -0.25) is 0 Å². The summed E-state index contributed by atoms with van der Waals surface area (Å²) < 4.78 is 11.5. The Bertz CT molecular complexity index is 1480. The van der Waals surface area contributed by atoms with Gasteiger partial charge in [-0.1, -0.05) is 26.2 Å². The number of ether oxygens (including phenoxy) is 1. The van der Waals surface area contributed by atoms with Crippen LogP contribution in [-0.4, -0.2) is 27.9 Å². The van der Waals surface area contributed by atoms with Crippen molar-refractivity contribution in [1.29, 1.82) is 0 Å². The molecule has 0 aromatic carbocycles. The van der Waals surface area contributed by atoms with Crippen molar-refractivity contribution in [3.8, 4) is 15.1 Å². The van der Waals surface area contributed by atoms with Gasteiger partial charge in [-0.15, -0.1) is 0 Å². The van der Waals surface area contributed by atoms with Crippen LogP contribution in [0.25, 0.3) is 18.7 Å². The Morgan fingerprint density at radius 3 is 2.15 bits per heavy atom. The van der Waals surface area contributed by atoms with E-state index in [2.05, 4.69) is 37.3 Å². The molecule has 0 radical (unpaired) electrons. The van der Waals surface area contributed by atoms with Gasteiger partial charge in [0.2, 0.25) is 0 Å². The quantitative estimate of drug-likeness (QED) is 0.0521. The molecule has 5 heterocycles. The zero-order chi connectivity index (χ0) is 28.4. The van der Waals surface area contributed by atoms with E-state index < -0.39 is 0 Å². The van der Waals surface area contributed by atoms with E-state index in [-0.39, 0.29) is 0 Å². The second-order valence-corrected chi connectivity index (χ2v) is 17.6. The van der Waals surface area contributed by atoms with E-state index in [4.69, 9.17) is 4.74 Å². The standard InChI is InChI=1S/C34H40O2S4Se/c1-3-4-5-6-7-8-9-10-11-12-13-25-14-15-29(38-25)34-22-28(36-2)33(41-34)21-27-20-32-31(40-27)19-26(39-32)18-30-24(23-35)16-17-37-30/h14-17,19-20,22-23H,3-13,18,21H2,1-2H3. The van der Waals surface area contributed by atoms with Crippen LogP contribution in [0.1, 0.15) is 105 Å². The van der Waals surface area contributed by atoms with E-state index in [1.54, 1.807) is 11.3 Å².